The van der Waals surface area contributed by atoms with Crippen molar-refractivity contribution in [2.45, 2.75) is 84.6 Å². The average Bonchev–Trinajstić information content (AvgIpc) is 3.30. The van der Waals surface area contributed by atoms with Crippen LogP contribution in [0.5, 0.6) is 0 Å². The predicted octanol–water partition coefficient (Wildman–Crippen LogP) is 5.66. The van der Waals surface area contributed by atoms with Crippen molar-refractivity contribution in [1.82, 2.24) is 9.88 Å². The maximum Gasteiger partial charge on any atom is 0.130 e. The molecule has 1 aliphatic heterocycles. The summed E-state index contributed by atoms with van der Waals surface area (Å²) in [5.74, 6) is 1.12. The van der Waals surface area contributed by atoms with Crippen LogP contribution >= 0.6 is 0 Å². The first kappa shape index (κ1) is 19.7. The van der Waals surface area contributed by atoms with Crippen LogP contribution in [0.15, 0.2) is 12.1 Å². The average molecular weight is 380 g/mol. The highest BCUT2D eigenvalue weighted by molar-refractivity contribution is 5.88. The zero-order valence-electron chi connectivity index (χ0n) is 18.3. The number of anilines is 1. The van der Waals surface area contributed by atoms with Gasteiger partial charge in [0.25, 0.3) is 0 Å². The lowest BCUT2D eigenvalue weighted by Gasteiger charge is -2.24. The Kier molecular flexibility index (Phi) is 5.64. The van der Waals surface area contributed by atoms with Gasteiger partial charge in [0.2, 0.25) is 0 Å². The van der Waals surface area contributed by atoms with Crippen LogP contribution in [0, 0.1) is 6.92 Å². The monoisotopic (exact) mass is 379 g/mol. The first-order valence-electron chi connectivity index (χ1n) is 11.4. The van der Waals surface area contributed by atoms with Crippen LogP contribution in [0.25, 0.3) is 10.9 Å². The number of hydrogen-bond donors (Lipinski definition) is 1. The Labute approximate surface area is 170 Å². The molecule has 1 aromatic carbocycles. The number of aromatic nitrogens is 1. The quantitative estimate of drug-likeness (QED) is 0.656. The number of unbranched alkanes of at least 4 members (excludes halogenated alkanes) is 1. The lowest BCUT2D eigenvalue weighted by atomic mass is 9.96. The number of nitrogens with zero attached hydrogens (tertiary/aromatic N) is 2. The maximum absolute atomic E-state index is 5.11. The van der Waals surface area contributed by atoms with Crippen molar-refractivity contribution in [3.8, 4) is 0 Å². The lowest BCUT2D eigenvalue weighted by Crippen LogP contribution is -2.27. The highest BCUT2D eigenvalue weighted by Crippen LogP contribution is 2.36. The Morgan fingerprint density at radius 2 is 1.75 bits per heavy atom. The number of pyridine rings is 1. The molecule has 0 bridgehead atoms. The summed E-state index contributed by atoms with van der Waals surface area (Å²) >= 11 is 0. The number of hydrogen-bond acceptors (Lipinski definition) is 3. The number of benzene rings is 1. The summed E-state index contributed by atoms with van der Waals surface area (Å²) in [6.45, 7) is 12.9. The molecular formula is C25H37N3. The van der Waals surface area contributed by atoms with Crippen LogP contribution in [0.2, 0.25) is 0 Å². The van der Waals surface area contributed by atoms with E-state index in [1.54, 1.807) is 5.56 Å². The Bertz CT molecular complexity index is 841. The summed E-state index contributed by atoms with van der Waals surface area (Å²) < 4.78 is 0. The van der Waals surface area contributed by atoms with E-state index in [9.17, 15) is 0 Å². The fourth-order valence-electron chi connectivity index (χ4n) is 4.95. The fourth-order valence-corrected chi connectivity index (χ4v) is 4.95. The molecule has 1 saturated heterocycles. The highest BCUT2D eigenvalue weighted by Gasteiger charge is 2.23. The molecule has 28 heavy (non-hydrogen) atoms. The number of aryl methyl sites for hydroxylation is 3. The fraction of sp³-hybridized carbons (Fsp3) is 0.640. The molecule has 4 rings (SSSR count). The Hall–Kier alpha value is -1.61. The third-order valence-electron chi connectivity index (χ3n) is 6.38. The summed E-state index contributed by atoms with van der Waals surface area (Å²) in [7, 11) is 0. The van der Waals surface area contributed by atoms with Gasteiger partial charge in [0.05, 0.1) is 5.52 Å². The molecule has 3 nitrogen and oxygen atoms in total. The van der Waals surface area contributed by atoms with Gasteiger partial charge < -0.3 is 10.2 Å². The van der Waals surface area contributed by atoms with Crippen molar-refractivity contribution in [2.24, 2.45) is 0 Å². The standard InChI is InChI=1S/C25H37N3/c1-18-16-22-20-11-9-12-21(20)24(27-25(2,3)4)26-23(22)17-19(18)10-5-6-13-28-14-7-8-15-28/h16-17H,5-15H2,1-4H3,(H,26,27). The normalized spacial score (nSPS) is 17.4. The number of rotatable bonds is 6. The topological polar surface area (TPSA) is 28.2 Å². The molecule has 0 amide bonds. The van der Waals surface area contributed by atoms with Crippen molar-refractivity contribution in [1.29, 1.82) is 0 Å². The van der Waals surface area contributed by atoms with Gasteiger partial charge >= 0.3 is 0 Å². The van der Waals surface area contributed by atoms with Gasteiger partial charge in [0, 0.05) is 10.9 Å². The van der Waals surface area contributed by atoms with Crippen LogP contribution < -0.4 is 5.32 Å². The highest BCUT2D eigenvalue weighted by atomic mass is 15.1. The van der Waals surface area contributed by atoms with Crippen LogP contribution in [0.3, 0.4) is 0 Å². The van der Waals surface area contributed by atoms with Gasteiger partial charge in [-0.2, -0.15) is 0 Å². The van der Waals surface area contributed by atoms with E-state index in [0.717, 1.165) is 12.2 Å². The minimum Gasteiger partial charge on any atom is -0.365 e. The molecule has 2 heterocycles. The third-order valence-corrected chi connectivity index (χ3v) is 6.38. The molecule has 2 aliphatic rings. The molecule has 2 aromatic rings. The molecule has 0 saturated carbocycles. The minimum absolute atomic E-state index is 0.0418. The molecule has 1 N–H and O–H groups in total. The zero-order chi connectivity index (χ0) is 19.7. The van der Waals surface area contributed by atoms with E-state index in [0.29, 0.717) is 0 Å². The van der Waals surface area contributed by atoms with Gasteiger partial charge in [-0.3, -0.25) is 0 Å². The van der Waals surface area contributed by atoms with Gasteiger partial charge in [0.15, 0.2) is 0 Å². The second-order valence-corrected chi connectivity index (χ2v) is 9.95. The molecule has 0 radical (unpaired) electrons. The molecule has 152 valence electrons. The van der Waals surface area contributed by atoms with Crippen molar-refractivity contribution in [3.63, 3.8) is 0 Å². The summed E-state index contributed by atoms with van der Waals surface area (Å²) in [4.78, 5) is 7.73. The van der Waals surface area contributed by atoms with Crippen molar-refractivity contribution in [3.05, 3.63) is 34.4 Å². The summed E-state index contributed by atoms with van der Waals surface area (Å²) in [6, 6.07) is 4.80. The lowest BCUT2D eigenvalue weighted by molar-refractivity contribution is 0.330. The van der Waals surface area contributed by atoms with E-state index >= 15 is 0 Å². The van der Waals surface area contributed by atoms with Crippen molar-refractivity contribution in [2.75, 3.05) is 25.0 Å². The van der Waals surface area contributed by atoms with Gasteiger partial charge in [-0.15, -0.1) is 0 Å². The van der Waals surface area contributed by atoms with E-state index in [1.165, 1.54) is 92.2 Å². The summed E-state index contributed by atoms with van der Waals surface area (Å²) in [6.07, 6.45) is 10.2. The SMILES string of the molecule is Cc1cc2c3c(c(NC(C)(C)C)nc2cc1CCCCN1CCCC1)CCC3. The maximum atomic E-state index is 5.11. The number of nitrogens with one attached hydrogen (secondary N) is 1. The van der Waals surface area contributed by atoms with E-state index in [1.807, 2.05) is 0 Å². The zero-order valence-corrected chi connectivity index (χ0v) is 18.3. The molecular weight excluding hydrogens is 342 g/mol. The van der Waals surface area contributed by atoms with Gasteiger partial charge in [0.1, 0.15) is 5.82 Å². The molecule has 1 aromatic heterocycles. The van der Waals surface area contributed by atoms with Gasteiger partial charge in [-0.1, -0.05) is 0 Å². The molecule has 0 spiro atoms. The Morgan fingerprint density at radius 3 is 2.50 bits per heavy atom. The third kappa shape index (κ3) is 4.35. The van der Waals surface area contributed by atoms with Crippen LogP contribution in [-0.4, -0.2) is 35.1 Å². The van der Waals surface area contributed by atoms with Gasteiger partial charge in [-0.05, 0) is 133 Å². The summed E-state index contributed by atoms with van der Waals surface area (Å²) in [5.41, 5.74) is 7.16. The smallest absolute Gasteiger partial charge is 0.130 e. The van der Waals surface area contributed by atoms with Crippen molar-refractivity contribution < 1.29 is 0 Å². The Balaban J connectivity index is 1.55. The first-order chi connectivity index (χ1) is 13.4. The summed E-state index contributed by atoms with van der Waals surface area (Å²) in [5, 5.41) is 5.07. The second kappa shape index (κ2) is 8.02. The number of likely N-dealkylation sites (tertiary alicyclic amines) is 1. The van der Waals surface area contributed by atoms with E-state index in [4.69, 9.17) is 4.98 Å². The minimum atomic E-state index is 0.0418. The number of fused-ring (bicyclic) bond motifs is 3. The van der Waals surface area contributed by atoms with Crippen LogP contribution in [0.1, 0.15) is 75.1 Å². The van der Waals surface area contributed by atoms with Crippen LogP contribution in [-0.2, 0) is 19.3 Å². The molecule has 1 fully saturated rings. The predicted molar refractivity (Wildman–Crippen MR) is 120 cm³/mol. The molecule has 1 aliphatic carbocycles. The van der Waals surface area contributed by atoms with Crippen molar-refractivity contribution >= 4 is 16.7 Å². The van der Waals surface area contributed by atoms with E-state index < -0.39 is 0 Å². The van der Waals surface area contributed by atoms with Gasteiger partial charge in [-0.25, -0.2) is 4.98 Å². The molecule has 0 atom stereocenters. The second-order valence-electron chi connectivity index (χ2n) is 9.95. The van der Waals surface area contributed by atoms with E-state index in [2.05, 4.69) is 50.0 Å². The first-order valence-corrected chi connectivity index (χ1v) is 11.4. The molecule has 3 heteroatoms. The Morgan fingerprint density at radius 1 is 1.00 bits per heavy atom. The van der Waals surface area contributed by atoms with Crippen LogP contribution in [0.4, 0.5) is 5.82 Å². The largest absolute Gasteiger partial charge is 0.365 e. The van der Waals surface area contributed by atoms with E-state index in [-0.39, 0.29) is 5.54 Å². The molecule has 0 unspecified atom stereocenters.